The highest BCUT2D eigenvalue weighted by molar-refractivity contribution is 5.98. The second-order valence-corrected chi connectivity index (χ2v) is 5.72. The summed E-state index contributed by atoms with van der Waals surface area (Å²) in [6, 6.07) is 13.8. The van der Waals surface area contributed by atoms with Crippen molar-refractivity contribution < 1.29 is 9.90 Å². The van der Waals surface area contributed by atoms with Crippen molar-refractivity contribution in [1.82, 2.24) is 5.32 Å². The molecule has 0 heterocycles. The summed E-state index contributed by atoms with van der Waals surface area (Å²) in [5, 5.41) is 14.3. The number of carbonyl (C=O) groups is 1. The van der Waals surface area contributed by atoms with Crippen LogP contribution in [0, 0.1) is 5.41 Å². The molecule has 104 valence electrons. The first kappa shape index (κ1) is 13.1. The Hall–Kier alpha value is -1.87. The topological polar surface area (TPSA) is 49.3 Å². The van der Waals surface area contributed by atoms with E-state index in [9.17, 15) is 4.79 Å². The molecule has 2 N–H and O–H groups in total. The highest BCUT2D eigenvalue weighted by Gasteiger charge is 2.41. The van der Waals surface area contributed by atoms with Gasteiger partial charge in [-0.15, -0.1) is 0 Å². The molecule has 0 atom stereocenters. The Labute approximate surface area is 118 Å². The Kier molecular flexibility index (Phi) is 3.45. The number of aliphatic hydroxyl groups is 1. The first-order valence-corrected chi connectivity index (χ1v) is 7.10. The zero-order chi connectivity index (χ0) is 14.0. The quantitative estimate of drug-likeness (QED) is 0.877. The van der Waals surface area contributed by atoms with Crippen LogP contribution in [0.4, 0.5) is 0 Å². The van der Waals surface area contributed by atoms with E-state index in [0.717, 1.165) is 30.0 Å². The fourth-order valence-electron chi connectivity index (χ4n) is 2.63. The van der Waals surface area contributed by atoms with Crippen molar-refractivity contribution in [3.05, 3.63) is 48.0 Å². The highest BCUT2D eigenvalue weighted by atomic mass is 16.3. The largest absolute Gasteiger partial charge is 0.396 e. The van der Waals surface area contributed by atoms with Crippen LogP contribution >= 0.6 is 0 Å². The summed E-state index contributed by atoms with van der Waals surface area (Å²) in [6.07, 6.45) is 2.99. The van der Waals surface area contributed by atoms with Gasteiger partial charge in [0.1, 0.15) is 0 Å². The van der Waals surface area contributed by atoms with Crippen LogP contribution in [0.5, 0.6) is 0 Å². The number of carbonyl (C=O) groups excluding carboxylic acids is 1. The molecule has 1 fully saturated rings. The van der Waals surface area contributed by atoms with Gasteiger partial charge in [0.15, 0.2) is 0 Å². The van der Waals surface area contributed by atoms with Gasteiger partial charge in [0.05, 0.1) is 0 Å². The first-order chi connectivity index (χ1) is 9.72. The number of hydrogen-bond donors (Lipinski definition) is 2. The third kappa shape index (κ3) is 2.68. The van der Waals surface area contributed by atoms with Crippen LogP contribution < -0.4 is 5.32 Å². The van der Waals surface area contributed by atoms with Gasteiger partial charge in [-0.2, -0.15) is 0 Å². The van der Waals surface area contributed by atoms with Crippen molar-refractivity contribution in [3.63, 3.8) is 0 Å². The molecule has 3 heteroatoms. The third-order valence-electron chi connectivity index (χ3n) is 4.23. The average Bonchev–Trinajstić information content (AvgIpc) is 3.25. The van der Waals surface area contributed by atoms with E-state index in [0.29, 0.717) is 12.1 Å². The van der Waals surface area contributed by atoms with Gasteiger partial charge in [0.25, 0.3) is 5.91 Å². The predicted octanol–water partition coefficient (Wildman–Crippen LogP) is 2.73. The monoisotopic (exact) mass is 269 g/mol. The van der Waals surface area contributed by atoms with E-state index >= 15 is 0 Å². The molecule has 1 saturated carbocycles. The third-order valence-corrected chi connectivity index (χ3v) is 4.23. The molecule has 0 bridgehead atoms. The molecule has 1 aliphatic carbocycles. The van der Waals surface area contributed by atoms with Crippen LogP contribution in [0.3, 0.4) is 0 Å². The maximum absolute atomic E-state index is 12.2. The Morgan fingerprint density at radius 3 is 2.60 bits per heavy atom. The highest BCUT2D eigenvalue weighted by Crippen LogP contribution is 2.47. The Morgan fingerprint density at radius 2 is 1.90 bits per heavy atom. The molecule has 20 heavy (non-hydrogen) atoms. The van der Waals surface area contributed by atoms with E-state index in [2.05, 4.69) is 5.32 Å². The molecule has 3 nitrogen and oxygen atoms in total. The molecule has 0 aliphatic heterocycles. The second-order valence-electron chi connectivity index (χ2n) is 5.72. The molecule has 2 aromatic rings. The van der Waals surface area contributed by atoms with E-state index in [1.807, 2.05) is 42.5 Å². The second kappa shape index (κ2) is 5.25. The molecular weight excluding hydrogens is 250 g/mol. The number of aliphatic hydroxyl groups excluding tert-OH is 1. The maximum Gasteiger partial charge on any atom is 0.251 e. The minimum absolute atomic E-state index is 0.0278. The standard InChI is InChI=1S/C17H19NO2/c19-10-9-17(7-8-17)12-18-16(20)15-6-5-13-3-1-2-4-14(13)11-15/h1-6,11,19H,7-10,12H2,(H,18,20). The maximum atomic E-state index is 12.2. The smallest absolute Gasteiger partial charge is 0.251 e. The fourth-order valence-corrected chi connectivity index (χ4v) is 2.63. The molecule has 2 aromatic carbocycles. The van der Waals surface area contributed by atoms with Crippen molar-refractivity contribution in [3.8, 4) is 0 Å². The summed E-state index contributed by atoms with van der Waals surface area (Å²) in [5.74, 6) is -0.0278. The zero-order valence-corrected chi connectivity index (χ0v) is 11.4. The van der Waals surface area contributed by atoms with Gasteiger partial charge in [0, 0.05) is 18.7 Å². The first-order valence-electron chi connectivity index (χ1n) is 7.10. The van der Waals surface area contributed by atoms with Crippen molar-refractivity contribution in [2.75, 3.05) is 13.2 Å². The summed E-state index contributed by atoms with van der Waals surface area (Å²) < 4.78 is 0. The molecule has 3 rings (SSSR count). The van der Waals surface area contributed by atoms with Gasteiger partial charge in [0.2, 0.25) is 0 Å². The molecule has 0 unspecified atom stereocenters. The summed E-state index contributed by atoms with van der Waals surface area (Å²) in [7, 11) is 0. The zero-order valence-electron chi connectivity index (χ0n) is 11.4. The summed E-state index contributed by atoms with van der Waals surface area (Å²) in [4.78, 5) is 12.2. The minimum atomic E-state index is -0.0278. The van der Waals surface area contributed by atoms with Crippen LogP contribution in [-0.2, 0) is 0 Å². The molecule has 0 spiro atoms. The van der Waals surface area contributed by atoms with Crippen molar-refractivity contribution >= 4 is 16.7 Å². The van der Waals surface area contributed by atoms with Gasteiger partial charge >= 0.3 is 0 Å². The van der Waals surface area contributed by atoms with E-state index in [4.69, 9.17) is 5.11 Å². The van der Waals surface area contributed by atoms with Gasteiger partial charge in [-0.3, -0.25) is 4.79 Å². The molecule has 0 aromatic heterocycles. The molecule has 0 radical (unpaired) electrons. The van der Waals surface area contributed by atoms with Gasteiger partial charge in [-0.1, -0.05) is 30.3 Å². The summed E-state index contributed by atoms with van der Waals surface area (Å²) in [5.41, 5.74) is 0.852. The van der Waals surface area contributed by atoms with E-state index in [-0.39, 0.29) is 17.9 Å². The van der Waals surface area contributed by atoms with Crippen molar-refractivity contribution in [2.45, 2.75) is 19.3 Å². The SMILES string of the molecule is O=C(NCC1(CCO)CC1)c1ccc2ccccc2c1. The Balaban J connectivity index is 1.69. The number of benzene rings is 2. The van der Waals surface area contributed by atoms with Gasteiger partial charge in [-0.25, -0.2) is 0 Å². The predicted molar refractivity (Wildman–Crippen MR) is 79.7 cm³/mol. The molecular formula is C17H19NO2. The Bertz CT molecular complexity index is 632. The van der Waals surface area contributed by atoms with Gasteiger partial charge in [-0.05, 0) is 47.6 Å². The number of nitrogens with one attached hydrogen (secondary N) is 1. The van der Waals surface area contributed by atoms with Crippen molar-refractivity contribution in [1.29, 1.82) is 0 Å². The van der Waals surface area contributed by atoms with Crippen LogP contribution in [0.25, 0.3) is 10.8 Å². The lowest BCUT2D eigenvalue weighted by atomic mass is 10.0. The van der Waals surface area contributed by atoms with E-state index in [1.54, 1.807) is 0 Å². The number of fused-ring (bicyclic) bond motifs is 1. The number of rotatable bonds is 5. The average molecular weight is 269 g/mol. The van der Waals surface area contributed by atoms with Crippen molar-refractivity contribution in [2.24, 2.45) is 5.41 Å². The molecule has 1 amide bonds. The van der Waals surface area contributed by atoms with Crippen LogP contribution in [-0.4, -0.2) is 24.2 Å². The lowest BCUT2D eigenvalue weighted by Gasteiger charge is -2.14. The van der Waals surface area contributed by atoms with Crippen LogP contribution in [0.1, 0.15) is 29.6 Å². The lowest BCUT2D eigenvalue weighted by Crippen LogP contribution is -2.30. The molecule has 1 aliphatic rings. The van der Waals surface area contributed by atoms with Gasteiger partial charge < -0.3 is 10.4 Å². The Morgan fingerprint density at radius 1 is 1.15 bits per heavy atom. The summed E-state index contributed by atoms with van der Waals surface area (Å²) >= 11 is 0. The number of hydrogen-bond acceptors (Lipinski definition) is 2. The minimum Gasteiger partial charge on any atom is -0.396 e. The molecule has 0 saturated heterocycles. The number of amides is 1. The fraction of sp³-hybridized carbons (Fsp3) is 0.353. The lowest BCUT2D eigenvalue weighted by molar-refractivity contribution is 0.0941. The van der Waals surface area contributed by atoms with Crippen LogP contribution in [0.15, 0.2) is 42.5 Å². The van der Waals surface area contributed by atoms with E-state index < -0.39 is 0 Å². The van der Waals surface area contributed by atoms with Crippen LogP contribution in [0.2, 0.25) is 0 Å². The van der Waals surface area contributed by atoms with E-state index in [1.165, 1.54) is 0 Å². The summed E-state index contributed by atoms with van der Waals surface area (Å²) in [6.45, 7) is 0.866. The normalized spacial score (nSPS) is 16.1.